The molecule has 1 aliphatic rings. The van der Waals surface area contributed by atoms with Crippen LogP contribution in [0.5, 0.6) is 5.75 Å². The van der Waals surface area contributed by atoms with Crippen molar-refractivity contribution in [3.63, 3.8) is 0 Å². The lowest BCUT2D eigenvalue weighted by atomic mass is 10.2. The van der Waals surface area contributed by atoms with E-state index in [1.54, 1.807) is 19.9 Å². The van der Waals surface area contributed by atoms with Gasteiger partial charge in [0.05, 0.1) is 12.8 Å². The summed E-state index contributed by atoms with van der Waals surface area (Å²) in [6.07, 6.45) is 3.04. The smallest absolute Gasteiger partial charge is 0.257 e. The Morgan fingerprint density at radius 2 is 2.04 bits per heavy atom. The van der Waals surface area contributed by atoms with Crippen molar-refractivity contribution in [3.05, 3.63) is 34.3 Å². The highest BCUT2D eigenvalue weighted by Crippen LogP contribution is 2.31. The highest BCUT2D eigenvalue weighted by atomic mass is 32.2. The predicted octanol–water partition coefficient (Wildman–Crippen LogP) is 2.92. The lowest BCUT2D eigenvalue weighted by Crippen LogP contribution is -2.31. The van der Waals surface area contributed by atoms with Gasteiger partial charge in [-0.15, -0.1) is 11.3 Å². The van der Waals surface area contributed by atoms with Crippen molar-refractivity contribution in [2.75, 3.05) is 25.5 Å². The molecule has 7 nitrogen and oxygen atoms in total. The van der Waals surface area contributed by atoms with Gasteiger partial charge < -0.3 is 4.74 Å². The molecule has 0 saturated carbocycles. The van der Waals surface area contributed by atoms with Crippen LogP contribution >= 0.6 is 11.3 Å². The number of methoxy groups -OCH3 is 1. The molecule has 1 aliphatic carbocycles. The zero-order chi connectivity index (χ0) is 19.6. The van der Waals surface area contributed by atoms with Gasteiger partial charge in [-0.2, -0.15) is 4.31 Å². The summed E-state index contributed by atoms with van der Waals surface area (Å²) in [5.41, 5.74) is 1.30. The first-order valence-electron chi connectivity index (χ1n) is 8.88. The quantitative estimate of drug-likeness (QED) is 0.760. The van der Waals surface area contributed by atoms with Crippen LogP contribution in [0.15, 0.2) is 23.1 Å². The van der Waals surface area contributed by atoms with E-state index in [1.807, 2.05) is 0 Å². The number of aromatic nitrogens is 1. The van der Waals surface area contributed by atoms with E-state index in [2.05, 4.69) is 10.3 Å². The largest absolute Gasteiger partial charge is 0.495 e. The second kappa shape index (κ2) is 7.95. The molecule has 27 heavy (non-hydrogen) atoms. The fourth-order valence-corrected chi connectivity index (χ4v) is 5.82. The van der Waals surface area contributed by atoms with Crippen molar-refractivity contribution < 1.29 is 17.9 Å². The Kier molecular flexibility index (Phi) is 5.83. The predicted molar refractivity (Wildman–Crippen MR) is 105 cm³/mol. The summed E-state index contributed by atoms with van der Waals surface area (Å²) in [7, 11) is -2.34. The van der Waals surface area contributed by atoms with Crippen molar-refractivity contribution >= 4 is 32.4 Å². The van der Waals surface area contributed by atoms with Crippen molar-refractivity contribution in [1.29, 1.82) is 0 Å². The Morgan fingerprint density at radius 1 is 1.30 bits per heavy atom. The Bertz CT molecular complexity index is 928. The number of ether oxygens (including phenoxy) is 1. The van der Waals surface area contributed by atoms with Gasteiger partial charge in [-0.25, -0.2) is 13.4 Å². The summed E-state index contributed by atoms with van der Waals surface area (Å²) in [4.78, 5) is 18.3. The number of sulfonamides is 1. The molecule has 0 bridgehead atoms. The molecule has 1 heterocycles. The molecule has 0 aliphatic heterocycles. The number of rotatable bonds is 7. The van der Waals surface area contributed by atoms with Gasteiger partial charge in [-0.05, 0) is 37.5 Å². The molecule has 1 N–H and O–H groups in total. The number of hydrogen-bond donors (Lipinski definition) is 1. The van der Waals surface area contributed by atoms with Crippen LogP contribution in [0.4, 0.5) is 5.13 Å². The van der Waals surface area contributed by atoms with Crippen molar-refractivity contribution in [2.45, 2.75) is 38.0 Å². The number of carbonyl (C=O) groups excluding carboxylic acids is 1. The van der Waals surface area contributed by atoms with E-state index in [0.717, 1.165) is 25.0 Å². The Hall–Kier alpha value is -1.97. The normalized spacial score (nSPS) is 13.6. The number of carbonyl (C=O) groups is 1. The molecule has 146 valence electrons. The summed E-state index contributed by atoms with van der Waals surface area (Å²) >= 11 is 1.48. The number of aryl methyl sites for hydroxylation is 2. The number of thiazole rings is 1. The standard InChI is InChI=1S/C18H23N3O4S2/c1-4-21(5-2)27(23,24)16-11-12(9-10-14(16)25-3)17(22)20-18-19-13-7-6-8-15(13)26-18/h9-11H,4-8H2,1-3H3,(H,19,20,22). The van der Waals surface area contributed by atoms with Gasteiger partial charge in [0.15, 0.2) is 5.13 Å². The van der Waals surface area contributed by atoms with Crippen LogP contribution in [0.25, 0.3) is 0 Å². The van der Waals surface area contributed by atoms with E-state index < -0.39 is 10.0 Å². The monoisotopic (exact) mass is 409 g/mol. The molecule has 1 aromatic carbocycles. The van der Waals surface area contributed by atoms with E-state index in [4.69, 9.17) is 4.74 Å². The maximum atomic E-state index is 12.9. The second-order valence-corrected chi connectivity index (χ2v) is 9.14. The summed E-state index contributed by atoms with van der Waals surface area (Å²) in [6.45, 7) is 4.21. The minimum absolute atomic E-state index is 0.0111. The SMILES string of the molecule is CCN(CC)S(=O)(=O)c1cc(C(=O)Nc2nc3c(s2)CCC3)ccc1OC. The van der Waals surface area contributed by atoms with Crippen LogP contribution in [-0.4, -0.2) is 43.8 Å². The van der Waals surface area contributed by atoms with E-state index in [1.165, 1.54) is 39.8 Å². The molecule has 1 aromatic heterocycles. The number of nitrogens with one attached hydrogen (secondary N) is 1. The van der Waals surface area contributed by atoms with Gasteiger partial charge in [0.25, 0.3) is 5.91 Å². The van der Waals surface area contributed by atoms with Crippen LogP contribution in [0.1, 0.15) is 41.2 Å². The first kappa shape index (κ1) is 19.8. The van der Waals surface area contributed by atoms with Crippen LogP contribution in [-0.2, 0) is 22.9 Å². The first-order valence-corrected chi connectivity index (χ1v) is 11.1. The molecule has 0 saturated heterocycles. The van der Waals surface area contributed by atoms with Crippen molar-refractivity contribution in [3.8, 4) is 5.75 Å². The number of anilines is 1. The summed E-state index contributed by atoms with van der Waals surface area (Å²) in [5.74, 6) is -0.173. The van der Waals surface area contributed by atoms with Gasteiger partial charge in [-0.1, -0.05) is 13.8 Å². The van der Waals surface area contributed by atoms with E-state index in [9.17, 15) is 13.2 Å². The van der Waals surface area contributed by atoms with Gasteiger partial charge in [0, 0.05) is 23.5 Å². The average Bonchev–Trinajstić information content (AvgIpc) is 3.23. The van der Waals surface area contributed by atoms with Crippen LogP contribution in [0, 0.1) is 0 Å². The molecular weight excluding hydrogens is 386 g/mol. The molecule has 2 aromatic rings. The minimum Gasteiger partial charge on any atom is -0.495 e. The summed E-state index contributed by atoms with van der Waals surface area (Å²) in [5, 5.41) is 3.33. The van der Waals surface area contributed by atoms with Crippen LogP contribution in [0.2, 0.25) is 0 Å². The topological polar surface area (TPSA) is 88.6 Å². The van der Waals surface area contributed by atoms with Crippen molar-refractivity contribution in [1.82, 2.24) is 9.29 Å². The minimum atomic E-state index is -3.75. The zero-order valence-corrected chi connectivity index (χ0v) is 17.2. The van der Waals surface area contributed by atoms with E-state index in [-0.39, 0.29) is 22.1 Å². The highest BCUT2D eigenvalue weighted by Gasteiger charge is 2.27. The van der Waals surface area contributed by atoms with Gasteiger partial charge in [0.2, 0.25) is 10.0 Å². The van der Waals surface area contributed by atoms with E-state index in [0.29, 0.717) is 18.2 Å². The third-order valence-electron chi connectivity index (χ3n) is 4.57. The molecule has 0 atom stereocenters. The lowest BCUT2D eigenvalue weighted by Gasteiger charge is -2.20. The van der Waals surface area contributed by atoms with Gasteiger partial charge in [0.1, 0.15) is 10.6 Å². The van der Waals surface area contributed by atoms with Crippen LogP contribution < -0.4 is 10.1 Å². The second-order valence-electron chi connectivity index (χ2n) is 6.15. The van der Waals surface area contributed by atoms with Crippen molar-refractivity contribution in [2.24, 2.45) is 0 Å². The lowest BCUT2D eigenvalue weighted by molar-refractivity contribution is 0.102. The molecule has 0 spiro atoms. The van der Waals surface area contributed by atoms with E-state index >= 15 is 0 Å². The third-order valence-corrected chi connectivity index (χ3v) is 7.71. The average molecular weight is 410 g/mol. The Morgan fingerprint density at radius 3 is 2.67 bits per heavy atom. The molecular formula is C18H23N3O4S2. The zero-order valence-electron chi connectivity index (χ0n) is 15.6. The molecule has 0 unspecified atom stereocenters. The molecule has 0 radical (unpaired) electrons. The Balaban J connectivity index is 1.90. The summed E-state index contributed by atoms with van der Waals surface area (Å²) in [6, 6.07) is 4.42. The fourth-order valence-electron chi connectivity index (χ4n) is 3.14. The number of amides is 1. The summed E-state index contributed by atoms with van der Waals surface area (Å²) < 4.78 is 32.4. The Labute approximate surface area is 163 Å². The fraction of sp³-hybridized carbons (Fsp3) is 0.444. The van der Waals surface area contributed by atoms with Gasteiger partial charge in [-0.3, -0.25) is 10.1 Å². The highest BCUT2D eigenvalue weighted by molar-refractivity contribution is 7.89. The van der Waals surface area contributed by atoms with Gasteiger partial charge >= 0.3 is 0 Å². The molecule has 9 heteroatoms. The number of nitrogens with zero attached hydrogens (tertiary/aromatic N) is 2. The maximum absolute atomic E-state index is 12.9. The van der Waals surface area contributed by atoms with Crippen LogP contribution in [0.3, 0.4) is 0 Å². The molecule has 3 rings (SSSR count). The molecule has 0 fully saturated rings. The number of fused-ring (bicyclic) bond motifs is 1. The number of benzene rings is 1. The third kappa shape index (κ3) is 3.85. The number of hydrogen-bond acceptors (Lipinski definition) is 6. The molecule has 1 amide bonds. The first-order chi connectivity index (χ1) is 12.9. The maximum Gasteiger partial charge on any atom is 0.257 e.